The molecule has 0 heterocycles. The van der Waals surface area contributed by atoms with Gasteiger partial charge in [-0.15, -0.1) is 0 Å². The molecule has 74 heavy (non-hydrogen) atoms. The number of rotatable bonds is 7. The molecule has 0 N–H and O–H groups in total. The largest absolute Gasteiger partial charge is 0.0622 e. The fourth-order valence-electron chi connectivity index (χ4n) is 12.5. The van der Waals surface area contributed by atoms with Crippen molar-refractivity contribution in [3.63, 3.8) is 0 Å². The van der Waals surface area contributed by atoms with Crippen LogP contribution in [0.1, 0.15) is 0 Å². The SMILES string of the molecule is c1ccc(-c2cc(-c3cc(-c4c5ccccc5c(-c5ccccc5)c5ccccc45)cc(-c4ccc5ccc6cccc7ccc4c5c67)c3)cc(-c3c4ccccc4c(-c4ccccc4)c4ccccc34)c2)cc1. The van der Waals surface area contributed by atoms with Gasteiger partial charge in [0.15, 0.2) is 0 Å². The molecule has 0 saturated heterocycles. The molecule has 0 saturated carbocycles. The Morgan fingerprint density at radius 2 is 0.446 bits per heavy atom. The molecule has 0 aliphatic heterocycles. The van der Waals surface area contributed by atoms with E-state index in [1.54, 1.807) is 0 Å². The van der Waals surface area contributed by atoms with Gasteiger partial charge >= 0.3 is 0 Å². The van der Waals surface area contributed by atoms with E-state index in [9.17, 15) is 0 Å². The van der Waals surface area contributed by atoms with E-state index in [0.29, 0.717) is 0 Å². The van der Waals surface area contributed by atoms with Crippen molar-refractivity contribution < 1.29 is 0 Å². The smallest absolute Gasteiger partial charge is 0.00206 e. The first-order valence-corrected chi connectivity index (χ1v) is 25.7. The lowest BCUT2D eigenvalue weighted by molar-refractivity contribution is 1.57. The molecule has 15 aromatic carbocycles. The summed E-state index contributed by atoms with van der Waals surface area (Å²) in [6, 6.07) is 104. The minimum absolute atomic E-state index is 1.16. The van der Waals surface area contributed by atoms with E-state index in [1.807, 2.05) is 0 Å². The Labute approximate surface area is 430 Å². The minimum atomic E-state index is 1.16. The number of hydrogen-bond acceptors (Lipinski definition) is 0. The Morgan fingerprint density at radius 3 is 0.878 bits per heavy atom. The molecule has 0 fully saturated rings. The maximum Gasteiger partial charge on any atom is -0.00206 e. The van der Waals surface area contributed by atoms with Gasteiger partial charge in [-0.2, -0.15) is 0 Å². The van der Waals surface area contributed by atoms with Gasteiger partial charge in [0.25, 0.3) is 0 Å². The first-order chi connectivity index (χ1) is 36.7. The Hall–Kier alpha value is -9.62. The minimum Gasteiger partial charge on any atom is -0.0622 e. The first kappa shape index (κ1) is 42.1. The summed E-state index contributed by atoms with van der Waals surface area (Å²) in [5, 5.41) is 17.6. The molecule has 15 aromatic rings. The molecule has 0 atom stereocenters. The van der Waals surface area contributed by atoms with Gasteiger partial charge in [-0.05, 0) is 190 Å². The standard InChI is InChI=1S/C74H46/c1-4-19-47(20-5-1)53-41-54(44-57(43-53)72-64-31-14-10-27-60(64)70(48-21-6-2-7-22-48)61-28-11-15-32-65(61)72)55-42-56(59-39-37-52-36-35-50-25-18-26-51-38-40-68(59)74(52)69(50)51)46-58(45-55)73-66-33-16-12-29-62(66)71(49-23-8-3-9-24-49)63-30-13-17-34-67(63)73/h1-46H. The lowest BCUT2D eigenvalue weighted by Gasteiger charge is -2.21. The summed E-state index contributed by atoms with van der Waals surface area (Å²) < 4.78 is 0. The highest BCUT2D eigenvalue weighted by atomic mass is 14.3. The summed E-state index contributed by atoms with van der Waals surface area (Å²) in [6.07, 6.45) is 0. The van der Waals surface area contributed by atoms with Gasteiger partial charge in [0, 0.05) is 0 Å². The van der Waals surface area contributed by atoms with E-state index in [4.69, 9.17) is 0 Å². The molecular formula is C74H46. The van der Waals surface area contributed by atoms with Crippen molar-refractivity contribution in [1.82, 2.24) is 0 Å². The van der Waals surface area contributed by atoms with Gasteiger partial charge in [0.05, 0.1) is 0 Å². The summed E-state index contributed by atoms with van der Waals surface area (Å²) in [5.74, 6) is 0. The maximum atomic E-state index is 2.47. The topological polar surface area (TPSA) is 0 Å². The molecule has 15 rings (SSSR count). The lowest BCUT2D eigenvalue weighted by atomic mass is 9.82. The second kappa shape index (κ2) is 17.0. The van der Waals surface area contributed by atoms with E-state index >= 15 is 0 Å². The van der Waals surface area contributed by atoms with Crippen molar-refractivity contribution in [2.45, 2.75) is 0 Å². The Balaban J connectivity index is 1.06. The average molecular weight is 935 g/mol. The van der Waals surface area contributed by atoms with Crippen molar-refractivity contribution in [2.75, 3.05) is 0 Å². The van der Waals surface area contributed by atoms with Crippen molar-refractivity contribution in [1.29, 1.82) is 0 Å². The monoisotopic (exact) mass is 934 g/mol. The molecule has 0 aliphatic carbocycles. The third kappa shape index (κ3) is 6.69. The Morgan fingerprint density at radius 1 is 0.149 bits per heavy atom. The van der Waals surface area contributed by atoms with Crippen LogP contribution in [0.25, 0.3) is 153 Å². The van der Waals surface area contributed by atoms with Crippen LogP contribution in [-0.2, 0) is 0 Å². The first-order valence-electron chi connectivity index (χ1n) is 25.7. The fraction of sp³-hybridized carbons (Fsp3) is 0. The molecule has 0 amide bonds. The van der Waals surface area contributed by atoms with E-state index in [0.717, 1.165) is 11.1 Å². The fourth-order valence-corrected chi connectivity index (χ4v) is 12.5. The summed E-state index contributed by atoms with van der Waals surface area (Å²) in [7, 11) is 0. The van der Waals surface area contributed by atoms with Gasteiger partial charge < -0.3 is 0 Å². The van der Waals surface area contributed by atoms with Gasteiger partial charge in [-0.3, -0.25) is 0 Å². The average Bonchev–Trinajstić information content (AvgIpc) is 3.48. The summed E-state index contributed by atoms with van der Waals surface area (Å²) in [4.78, 5) is 0. The van der Waals surface area contributed by atoms with Crippen molar-refractivity contribution in [3.8, 4) is 77.9 Å². The summed E-state index contributed by atoms with van der Waals surface area (Å²) >= 11 is 0. The molecule has 0 spiro atoms. The van der Waals surface area contributed by atoms with E-state index in [1.165, 1.54) is 142 Å². The molecule has 0 heteroatoms. The van der Waals surface area contributed by atoms with Gasteiger partial charge in [0.2, 0.25) is 0 Å². The second-order valence-corrected chi connectivity index (χ2v) is 19.8. The quantitative estimate of drug-likeness (QED) is 0.110. The number of hydrogen-bond donors (Lipinski definition) is 0. The second-order valence-electron chi connectivity index (χ2n) is 19.8. The summed E-state index contributed by atoms with van der Waals surface area (Å²) in [6.45, 7) is 0. The molecule has 0 radical (unpaired) electrons. The van der Waals surface area contributed by atoms with Gasteiger partial charge in [-0.1, -0.05) is 243 Å². The third-order valence-corrected chi connectivity index (χ3v) is 15.7. The Kier molecular flexibility index (Phi) is 9.68. The van der Waals surface area contributed by atoms with E-state index in [2.05, 4.69) is 279 Å². The zero-order chi connectivity index (χ0) is 48.7. The van der Waals surface area contributed by atoms with Crippen LogP contribution >= 0.6 is 0 Å². The van der Waals surface area contributed by atoms with Crippen LogP contribution in [0.3, 0.4) is 0 Å². The van der Waals surface area contributed by atoms with Crippen molar-refractivity contribution >= 4 is 75.4 Å². The van der Waals surface area contributed by atoms with E-state index in [-0.39, 0.29) is 0 Å². The van der Waals surface area contributed by atoms with Gasteiger partial charge in [0.1, 0.15) is 0 Å². The summed E-state index contributed by atoms with van der Waals surface area (Å²) in [5.41, 5.74) is 16.9. The predicted octanol–water partition coefficient (Wildman–Crippen LogP) is 20.9. The highest BCUT2D eigenvalue weighted by molar-refractivity contribution is 6.27. The highest BCUT2D eigenvalue weighted by Gasteiger charge is 2.22. The third-order valence-electron chi connectivity index (χ3n) is 15.7. The lowest BCUT2D eigenvalue weighted by Crippen LogP contribution is -1.94. The van der Waals surface area contributed by atoms with Crippen molar-refractivity contribution in [3.05, 3.63) is 279 Å². The van der Waals surface area contributed by atoms with Crippen LogP contribution in [0, 0.1) is 0 Å². The number of benzene rings is 15. The normalized spacial score (nSPS) is 11.8. The van der Waals surface area contributed by atoms with Crippen LogP contribution in [0.4, 0.5) is 0 Å². The molecule has 0 aliphatic rings. The van der Waals surface area contributed by atoms with Crippen LogP contribution in [0.2, 0.25) is 0 Å². The van der Waals surface area contributed by atoms with Crippen LogP contribution in [0.15, 0.2) is 279 Å². The molecule has 0 aromatic heterocycles. The van der Waals surface area contributed by atoms with Crippen molar-refractivity contribution in [2.24, 2.45) is 0 Å². The zero-order valence-corrected chi connectivity index (χ0v) is 40.6. The Bertz CT molecular complexity index is 4550. The molecule has 342 valence electrons. The van der Waals surface area contributed by atoms with E-state index < -0.39 is 0 Å². The van der Waals surface area contributed by atoms with Crippen LogP contribution in [0.5, 0.6) is 0 Å². The van der Waals surface area contributed by atoms with Gasteiger partial charge in [-0.25, -0.2) is 0 Å². The van der Waals surface area contributed by atoms with Crippen LogP contribution in [-0.4, -0.2) is 0 Å². The molecule has 0 unspecified atom stereocenters. The zero-order valence-electron chi connectivity index (χ0n) is 40.6. The number of fused-ring (bicyclic) bond motifs is 4. The highest BCUT2D eigenvalue weighted by Crippen LogP contribution is 2.49. The van der Waals surface area contributed by atoms with Crippen LogP contribution < -0.4 is 0 Å². The maximum absolute atomic E-state index is 2.47. The molecule has 0 bridgehead atoms. The molecule has 0 nitrogen and oxygen atoms in total. The molecular weight excluding hydrogens is 889 g/mol. The predicted molar refractivity (Wildman–Crippen MR) is 318 cm³/mol.